The zero-order valence-corrected chi connectivity index (χ0v) is 13.4. The van der Waals surface area contributed by atoms with Gasteiger partial charge in [0.1, 0.15) is 6.54 Å². The molecule has 0 aliphatic heterocycles. The number of urea groups is 1. The first kappa shape index (κ1) is 17.7. The van der Waals surface area contributed by atoms with Gasteiger partial charge in [-0.3, -0.25) is 19.7 Å². The summed E-state index contributed by atoms with van der Waals surface area (Å²) in [6.07, 6.45) is -1.18. The number of furan rings is 1. The summed E-state index contributed by atoms with van der Waals surface area (Å²) in [4.78, 5) is 45.5. The van der Waals surface area contributed by atoms with E-state index in [9.17, 15) is 19.2 Å². The highest BCUT2D eigenvalue weighted by Crippen LogP contribution is 2.13. The fraction of sp³-hybridized carbons (Fsp3) is 0.333. The number of ether oxygens (including phenoxy) is 1. The van der Waals surface area contributed by atoms with Crippen LogP contribution in [0.15, 0.2) is 21.2 Å². The Labute approximate surface area is 133 Å². The van der Waals surface area contributed by atoms with Crippen molar-refractivity contribution in [3.05, 3.63) is 22.6 Å². The average Bonchev–Trinajstić information content (AvgIpc) is 2.91. The molecule has 4 amide bonds. The van der Waals surface area contributed by atoms with E-state index in [0.717, 1.165) is 0 Å². The molecule has 0 unspecified atom stereocenters. The highest BCUT2D eigenvalue weighted by molar-refractivity contribution is 9.10. The summed E-state index contributed by atoms with van der Waals surface area (Å²) in [5.74, 6) is -2.21. The van der Waals surface area contributed by atoms with Gasteiger partial charge >= 0.3 is 12.0 Å². The molecule has 0 radical (unpaired) electrons. The molecule has 9 nitrogen and oxygen atoms in total. The van der Waals surface area contributed by atoms with Crippen LogP contribution < -0.4 is 16.0 Å². The summed E-state index contributed by atoms with van der Waals surface area (Å²) < 4.78 is 10.1. The largest absolute Gasteiger partial charge is 0.451 e. The van der Waals surface area contributed by atoms with E-state index in [1.54, 1.807) is 0 Å². The average molecular weight is 376 g/mol. The normalized spacial score (nSPS) is 11.2. The molecule has 3 N–H and O–H groups in total. The zero-order chi connectivity index (χ0) is 16.7. The van der Waals surface area contributed by atoms with Crippen LogP contribution in [0.25, 0.3) is 0 Å². The van der Waals surface area contributed by atoms with Crippen molar-refractivity contribution in [2.75, 3.05) is 13.6 Å². The molecule has 22 heavy (non-hydrogen) atoms. The Balaban J connectivity index is 2.38. The lowest BCUT2D eigenvalue weighted by atomic mass is 10.4. The molecule has 1 atom stereocenters. The molecule has 120 valence electrons. The smallest absolute Gasteiger partial charge is 0.326 e. The van der Waals surface area contributed by atoms with Crippen LogP contribution in [-0.4, -0.2) is 43.5 Å². The van der Waals surface area contributed by atoms with Crippen molar-refractivity contribution >= 4 is 39.7 Å². The summed E-state index contributed by atoms with van der Waals surface area (Å²) in [6.45, 7) is 0.844. The fourth-order valence-electron chi connectivity index (χ4n) is 1.24. The number of esters is 1. The van der Waals surface area contributed by atoms with Crippen LogP contribution in [0.1, 0.15) is 17.5 Å². The third kappa shape index (κ3) is 5.56. The van der Waals surface area contributed by atoms with Gasteiger partial charge < -0.3 is 19.8 Å². The Hall–Kier alpha value is -2.36. The molecule has 1 aromatic heterocycles. The minimum atomic E-state index is -1.18. The SMILES string of the molecule is CNC(=O)NC(=O)[C@H](C)OC(=O)CNC(=O)c1ccc(Br)o1. The third-order valence-corrected chi connectivity index (χ3v) is 2.76. The maximum atomic E-state index is 11.6. The van der Waals surface area contributed by atoms with Gasteiger partial charge in [0.2, 0.25) is 0 Å². The second-order valence-corrected chi connectivity index (χ2v) is 4.77. The zero-order valence-electron chi connectivity index (χ0n) is 11.8. The van der Waals surface area contributed by atoms with Gasteiger partial charge in [0.25, 0.3) is 11.8 Å². The minimum Gasteiger partial charge on any atom is -0.451 e. The lowest BCUT2D eigenvalue weighted by Gasteiger charge is -2.12. The second kappa shape index (κ2) is 8.17. The first-order valence-corrected chi connectivity index (χ1v) is 6.88. The van der Waals surface area contributed by atoms with Crippen molar-refractivity contribution in [1.82, 2.24) is 16.0 Å². The summed E-state index contributed by atoms with van der Waals surface area (Å²) in [5.41, 5.74) is 0. The first-order valence-electron chi connectivity index (χ1n) is 6.09. The Kier molecular flexibility index (Phi) is 6.57. The van der Waals surface area contributed by atoms with Crippen molar-refractivity contribution in [1.29, 1.82) is 0 Å². The van der Waals surface area contributed by atoms with E-state index < -0.39 is 36.5 Å². The Morgan fingerprint density at radius 2 is 2.00 bits per heavy atom. The van der Waals surface area contributed by atoms with Crippen molar-refractivity contribution in [3.8, 4) is 0 Å². The number of rotatable bonds is 5. The summed E-state index contributed by atoms with van der Waals surface area (Å²) >= 11 is 3.04. The van der Waals surface area contributed by atoms with Gasteiger partial charge in [-0.15, -0.1) is 0 Å². The fourth-order valence-corrected chi connectivity index (χ4v) is 1.55. The van der Waals surface area contributed by atoms with E-state index in [4.69, 9.17) is 9.15 Å². The molecule has 10 heteroatoms. The van der Waals surface area contributed by atoms with Crippen LogP contribution in [0.5, 0.6) is 0 Å². The number of amides is 4. The topological polar surface area (TPSA) is 127 Å². The molecule has 0 saturated carbocycles. The summed E-state index contributed by atoms with van der Waals surface area (Å²) in [6, 6.07) is 2.23. The maximum Gasteiger partial charge on any atom is 0.326 e. The Morgan fingerprint density at radius 3 is 2.55 bits per heavy atom. The lowest BCUT2D eigenvalue weighted by molar-refractivity contribution is -0.153. The number of hydrogen-bond acceptors (Lipinski definition) is 6. The summed E-state index contributed by atoms with van der Waals surface area (Å²) in [7, 11) is 1.34. The molecule has 0 spiro atoms. The van der Waals surface area contributed by atoms with E-state index in [1.165, 1.54) is 26.1 Å². The number of carbonyl (C=O) groups is 4. The molecule has 0 aromatic carbocycles. The molecular weight excluding hydrogens is 362 g/mol. The minimum absolute atomic E-state index is 0.0186. The van der Waals surface area contributed by atoms with E-state index in [-0.39, 0.29) is 5.76 Å². The molecular formula is C12H14BrN3O6. The maximum absolute atomic E-state index is 11.6. The third-order valence-electron chi connectivity index (χ3n) is 2.33. The van der Waals surface area contributed by atoms with E-state index in [2.05, 4.69) is 26.6 Å². The molecule has 1 rings (SSSR count). The number of hydrogen-bond donors (Lipinski definition) is 3. The quantitative estimate of drug-likeness (QED) is 0.629. The van der Waals surface area contributed by atoms with E-state index in [0.29, 0.717) is 4.67 Å². The van der Waals surface area contributed by atoms with Gasteiger partial charge in [-0.05, 0) is 35.0 Å². The highest BCUT2D eigenvalue weighted by Gasteiger charge is 2.20. The van der Waals surface area contributed by atoms with Crippen LogP contribution in [0.4, 0.5) is 4.79 Å². The lowest BCUT2D eigenvalue weighted by Crippen LogP contribution is -2.44. The molecule has 0 saturated heterocycles. The molecule has 1 aromatic rings. The molecule has 0 aliphatic carbocycles. The monoisotopic (exact) mass is 375 g/mol. The Morgan fingerprint density at radius 1 is 1.32 bits per heavy atom. The van der Waals surface area contributed by atoms with Gasteiger partial charge in [-0.1, -0.05) is 0 Å². The number of carbonyl (C=O) groups excluding carboxylic acids is 4. The number of halogens is 1. The standard InChI is InChI=1S/C12H14BrN3O6/c1-6(10(18)16-12(20)14-2)21-9(17)5-15-11(19)7-3-4-8(13)22-7/h3-4,6H,5H2,1-2H3,(H,15,19)(H2,14,16,18,20)/t6-/m0/s1. The van der Waals surface area contributed by atoms with Crippen LogP contribution in [0.3, 0.4) is 0 Å². The van der Waals surface area contributed by atoms with Gasteiger partial charge in [-0.2, -0.15) is 0 Å². The number of imide groups is 1. The molecule has 0 bridgehead atoms. The highest BCUT2D eigenvalue weighted by atomic mass is 79.9. The van der Waals surface area contributed by atoms with Gasteiger partial charge in [-0.25, -0.2) is 4.79 Å². The van der Waals surface area contributed by atoms with Gasteiger partial charge in [0.05, 0.1) is 0 Å². The summed E-state index contributed by atoms with van der Waals surface area (Å²) in [5, 5.41) is 6.41. The predicted octanol–water partition coefficient (Wildman–Crippen LogP) is 0.159. The van der Waals surface area contributed by atoms with Gasteiger partial charge in [0, 0.05) is 7.05 Å². The van der Waals surface area contributed by atoms with Crippen LogP contribution in [0.2, 0.25) is 0 Å². The van der Waals surface area contributed by atoms with E-state index >= 15 is 0 Å². The van der Waals surface area contributed by atoms with Crippen molar-refractivity contribution in [2.24, 2.45) is 0 Å². The predicted molar refractivity (Wildman–Crippen MR) is 76.9 cm³/mol. The first-order chi connectivity index (χ1) is 10.3. The molecule has 1 heterocycles. The van der Waals surface area contributed by atoms with Crippen molar-refractivity contribution < 1.29 is 28.3 Å². The molecule has 0 aliphatic rings. The molecule has 0 fully saturated rings. The van der Waals surface area contributed by atoms with E-state index in [1.807, 2.05) is 5.32 Å². The van der Waals surface area contributed by atoms with Crippen LogP contribution >= 0.6 is 15.9 Å². The Bertz CT molecular complexity index is 585. The van der Waals surface area contributed by atoms with Crippen LogP contribution in [-0.2, 0) is 14.3 Å². The number of nitrogens with one attached hydrogen (secondary N) is 3. The van der Waals surface area contributed by atoms with Crippen molar-refractivity contribution in [2.45, 2.75) is 13.0 Å². The van der Waals surface area contributed by atoms with Crippen LogP contribution in [0, 0.1) is 0 Å². The van der Waals surface area contributed by atoms with Crippen molar-refractivity contribution in [3.63, 3.8) is 0 Å². The second-order valence-electron chi connectivity index (χ2n) is 3.99. The van der Waals surface area contributed by atoms with Gasteiger partial charge in [0.15, 0.2) is 16.5 Å².